The van der Waals surface area contributed by atoms with E-state index in [1.165, 1.54) is 19.3 Å². The summed E-state index contributed by atoms with van der Waals surface area (Å²) in [6, 6.07) is 6.36. The molecule has 1 aliphatic carbocycles. The number of hydrogen-bond donors (Lipinski definition) is 1. The Morgan fingerprint density at radius 2 is 2.22 bits per heavy atom. The summed E-state index contributed by atoms with van der Waals surface area (Å²) in [5.74, 6) is 1.90. The molecule has 1 aromatic rings. The predicted molar refractivity (Wildman–Crippen MR) is 74.4 cm³/mol. The van der Waals surface area contributed by atoms with Gasteiger partial charge in [-0.3, -0.25) is 0 Å². The van der Waals surface area contributed by atoms with Crippen LogP contribution in [0.25, 0.3) is 0 Å². The molecule has 2 atom stereocenters. The van der Waals surface area contributed by atoms with Gasteiger partial charge in [-0.05, 0) is 43.1 Å². The molecule has 0 bridgehead atoms. The van der Waals surface area contributed by atoms with Crippen molar-refractivity contribution in [3.05, 3.63) is 29.6 Å². The first kappa shape index (κ1) is 12.5. The van der Waals surface area contributed by atoms with Crippen molar-refractivity contribution < 1.29 is 4.39 Å². The van der Waals surface area contributed by atoms with Crippen LogP contribution in [0.4, 0.5) is 4.39 Å². The lowest BCUT2D eigenvalue weighted by molar-refractivity contribution is 0.405. The maximum absolute atomic E-state index is 13.8. The van der Waals surface area contributed by atoms with Gasteiger partial charge in [0.1, 0.15) is 5.82 Å². The Morgan fingerprint density at radius 1 is 1.39 bits per heavy atom. The van der Waals surface area contributed by atoms with Gasteiger partial charge in [0.15, 0.2) is 0 Å². The van der Waals surface area contributed by atoms with Crippen LogP contribution in [-0.2, 0) is 0 Å². The van der Waals surface area contributed by atoms with E-state index in [-0.39, 0.29) is 5.82 Å². The topological polar surface area (TPSA) is 12.0 Å². The van der Waals surface area contributed by atoms with Crippen LogP contribution in [0, 0.1) is 11.7 Å². The Labute approximate surface area is 113 Å². The molecule has 0 amide bonds. The minimum atomic E-state index is -0.0566. The summed E-state index contributed by atoms with van der Waals surface area (Å²) >= 11 is 1.66. The lowest BCUT2D eigenvalue weighted by atomic mass is 10.0. The number of rotatable bonds is 4. The maximum atomic E-state index is 13.8. The average Bonchev–Trinajstić information content (AvgIpc) is 3.14. The third-order valence-corrected chi connectivity index (χ3v) is 5.05. The summed E-state index contributed by atoms with van der Waals surface area (Å²) in [5.41, 5.74) is 1.16. The molecule has 0 radical (unpaired) electrons. The molecule has 0 saturated heterocycles. The Hall–Kier alpha value is -0.540. The van der Waals surface area contributed by atoms with E-state index in [0.717, 1.165) is 28.6 Å². The summed E-state index contributed by atoms with van der Waals surface area (Å²) in [4.78, 5) is 0.861. The SMILES string of the molecule is CC(CC1CC1)NC1CCSc2c(F)cccc21. The Kier molecular flexibility index (Phi) is 3.62. The van der Waals surface area contributed by atoms with E-state index >= 15 is 0 Å². The van der Waals surface area contributed by atoms with Gasteiger partial charge in [0, 0.05) is 17.0 Å². The van der Waals surface area contributed by atoms with E-state index in [9.17, 15) is 4.39 Å². The average molecular weight is 265 g/mol. The molecule has 3 heteroatoms. The van der Waals surface area contributed by atoms with Crippen molar-refractivity contribution in [3.8, 4) is 0 Å². The number of hydrogen-bond acceptors (Lipinski definition) is 2. The van der Waals surface area contributed by atoms with Crippen LogP contribution in [0.15, 0.2) is 23.1 Å². The molecule has 2 unspecified atom stereocenters. The molecule has 18 heavy (non-hydrogen) atoms. The van der Waals surface area contributed by atoms with Crippen LogP contribution in [0.2, 0.25) is 0 Å². The van der Waals surface area contributed by atoms with Crippen molar-refractivity contribution in [2.45, 2.75) is 49.6 Å². The zero-order valence-corrected chi connectivity index (χ0v) is 11.6. The lowest BCUT2D eigenvalue weighted by Gasteiger charge is -2.29. The summed E-state index contributed by atoms with van der Waals surface area (Å²) in [6.45, 7) is 2.26. The van der Waals surface area contributed by atoms with Gasteiger partial charge in [-0.2, -0.15) is 0 Å². The van der Waals surface area contributed by atoms with Crippen molar-refractivity contribution in [1.82, 2.24) is 5.32 Å². The highest BCUT2D eigenvalue weighted by molar-refractivity contribution is 7.99. The molecular formula is C15H20FNS. The highest BCUT2D eigenvalue weighted by atomic mass is 32.2. The Morgan fingerprint density at radius 3 is 3.00 bits per heavy atom. The van der Waals surface area contributed by atoms with Crippen molar-refractivity contribution >= 4 is 11.8 Å². The fourth-order valence-electron chi connectivity index (χ4n) is 2.82. The van der Waals surface area contributed by atoms with Gasteiger partial charge in [-0.15, -0.1) is 11.8 Å². The first-order valence-electron chi connectivity index (χ1n) is 6.91. The molecule has 1 aliphatic heterocycles. The number of benzene rings is 1. The summed E-state index contributed by atoms with van der Waals surface area (Å²) in [6.07, 6.45) is 5.18. The van der Waals surface area contributed by atoms with Crippen molar-refractivity contribution in [3.63, 3.8) is 0 Å². The molecule has 2 aliphatic rings. The number of fused-ring (bicyclic) bond motifs is 1. The monoisotopic (exact) mass is 265 g/mol. The number of nitrogens with one attached hydrogen (secondary N) is 1. The first-order valence-corrected chi connectivity index (χ1v) is 7.90. The van der Waals surface area contributed by atoms with Crippen molar-refractivity contribution in [2.24, 2.45) is 5.92 Å². The minimum Gasteiger partial charge on any atom is -0.307 e. The Bertz CT molecular complexity index is 431. The van der Waals surface area contributed by atoms with Crippen LogP contribution >= 0.6 is 11.8 Å². The standard InChI is InChI=1S/C15H20FNS/c1-10(9-11-5-6-11)17-14-7-8-18-15-12(14)3-2-4-13(15)16/h2-4,10-11,14,17H,5-9H2,1H3. The molecule has 1 N–H and O–H groups in total. The van der Waals surface area contributed by atoms with Gasteiger partial charge in [0.05, 0.1) is 0 Å². The van der Waals surface area contributed by atoms with Gasteiger partial charge >= 0.3 is 0 Å². The van der Waals surface area contributed by atoms with Crippen LogP contribution in [0.1, 0.15) is 44.2 Å². The van der Waals surface area contributed by atoms with E-state index in [1.54, 1.807) is 17.8 Å². The van der Waals surface area contributed by atoms with E-state index in [2.05, 4.69) is 18.3 Å². The van der Waals surface area contributed by atoms with Crippen LogP contribution in [0.5, 0.6) is 0 Å². The molecule has 0 spiro atoms. The van der Waals surface area contributed by atoms with Crippen molar-refractivity contribution in [2.75, 3.05) is 5.75 Å². The normalized spacial score (nSPS) is 24.7. The molecule has 3 rings (SSSR count). The van der Waals surface area contributed by atoms with Crippen LogP contribution in [0.3, 0.4) is 0 Å². The van der Waals surface area contributed by atoms with E-state index in [4.69, 9.17) is 0 Å². The first-order chi connectivity index (χ1) is 8.74. The highest BCUT2D eigenvalue weighted by Crippen LogP contribution is 2.39. The fourth-order valence-corrected chi connectivity index (χ4v) is 3.97. The summed E-state index contributed by atoms with van der Waals surface area (Å²) in [7, 11) is 0. The molecule has 1 aromatic carbocycles. The molecule has 0 aromatic heterocycles. The van der Waals surface area contributed by atoms with Gasteiger partial charge in [0.2, 0.25) is 0 Å². The zero-order valence-electron chi connectivity index (χ0n) is 10.8. The summed E-state index contributed by atoms with van der Waals surface area (Å²) < 4.78 is 13.8. The summed E-state index contributed by atoms with van der Waals surface area (Å²) in [5, 5.41) is 3.69. The van der Waals surface area contributed by atoms with Crippen LogP contribution in [-0.4, -0.2) is 11.8 Å². The second-order valence-electron chi connectivity index (χ2n) is 5.59. The van der Waals surface area contributed by atoms with Crippen molar-refractivity contribution in [1.29, 1.82) is 0 Å². The smallest absolute Gasteiger partial charge is 0.137 e. The van der Waals surface area contributed by atoms with Crippen LogP contribution < -0.4 is 5.32 Å². The molecule has 98 valence electrons. The largest absolute Gasteiger partial charge is 0.307 e. The van der Waals surface area contributed by atoms with E-state index in [0.29, 0.717) is 12.1 Å². The number of thioether (sulfide) groups is 1. The third-order valence-electron chi connectivity index (χ3n) is 3.90. The van der Waals surface area contributed by atoms with Gasteiger partial charge in [0.25, 0.3) is 0 Å². The molecule has 1 heterocycles. The second kappa shape index (κ2) is 5.22. The molecule has 1 nitrogen and oxygen atoms in total. The zero-order chi connectivity index (χ0) is 12.5. The second-order valence-corrected chi connectivity index (χ2v) is 6.70. The van der Waals surface area contributed by atoms with Gasteiger partial charge in [-0.25, -0.2) is 4.39 Å². The quantitative estimate of drug-likeness (QED) is 0.878. The van der Waals surface area contributed by atoms with Gasteiger partial charge < -0.3 is 5.32 Å². The fraction of sp³-hybridized carbons (Fsp3) is 0.600. The molecular weight excluding hydrogens is 245 g/mol. The van der Waals surface area contributed by atoms with E-state index < -0.39 is 0 Å². The Balaban J connectivity index is 1.72. The predicted octanol–water partition coefficient (Wildman–Crippen LogP) is 4.14. The van der Waals surface area contributed by atoms with E-state index in [1.807, 2.05) is 6.07 Å². The minimum absolute atomic E-state index is 0.0566. The molecule has 1 fully saturated rings. The van der Waals surface area contributed by atoms with Gasteiger partial charge in [-0.1, -0.05) is 25.0 Å². The lowest BCUT2D eigenvalue weighted by Crippen LogP contribution is -2.33. The molecule has 1 saturated carbocycles. The third kappa shape index (κ3) is 2.72. The number of halogens is 1. The highest BCUT2D eigenvalue weighted by Gasteiger charge is 2.27. The maximum Gasteiger partial charge on any atom is 0.137 e.